The molecule has 0 aliphatic rings. The molecule has 0 saturated carbocycles. The van der Waals surface area contributed by atoms with Crippen molar-refractivity contribution in [1.29, 1.82) is 0 Å². The Labute approximate surface area is 190 Å². The lowest BCUT2D eigenvalue weighted by Gasteiger charge is -2.11. The first-order chi connectivity index (χ1) is 14.0. The molecular formula is C20H13ClIN5OS. The van der Waals surface area contributed by atoms with Gasteiger partial charge in [0.15, 0.2) is 5.11 Å². The summed E-state index contributed by atoms with van der Waals surface area (Å²) in [5.74, 6) is -0.298. The first kappa shape index (κ1) is 19.7. The molecule has 3 aromatic carbocycles. The Hall–Kier alpha value is -2.56. The minimum Gasteiger partial charge on any atom is -0.331 e. The number of para-hydroxylation sites is 1. The van der Waals surface area contributed by atoms with E-state index in [1.807, 2.05) is 42.5 Å². The molecule has 1 heterocycles. The van der Waals surface area contributed by atoms with Crippen LogP contribution in [0.5, 0.6) is 0 Å². The number of halogens is 2. The van der Waals surface area contributed by atoms with E-state index >= 15 is 0 Å². The number of amides is 1. The molecule has 1 amide bonds. The fraction of sp³-hybridized carbons (Fsp3) is 0. The topological polar surface area (TPSA) is 71.8 Å². The average molecular weight is 534 g/mol. The molecule has 0 unspecified atom stereocenters. The molecule has 0 bridgehead atoms. The molecule has 2 N–H and O–H groups in total. The van der Waals surface area contributed by atoms with E-state index in [2.05, 4.69) is 43.4 Å². The molecule has 0 fully saturated rings. The second-order valence-electron chi connectivity index (χ2n) is 6.06. The van der Waals surface area contributed by atoms with E-state index < -0.39 is 0 Å². The second-order valence-corrected chi connectivity index (χ2v) is 8.13. The molecule has 6 nitrogen and oxygen atoms in total. The summed E-state index contributed by atoms with van der Waals surface area (Å²) in [6.07, 6.45) is 0. The van der Waals surface area contributed by atoms with Crippen molar-refractivity contribution in [3.8, 4) is 5.69 Å². The summed E-state index contributed by atoms with van der Waals surface area (Å²) >= 11 is 13.8. The lowest BCUT2D eigenvalue weighted by Crippen LogP contribution is -2.34. The van der Waals surface area contributed by atoms with Gasteiger partial charge in [-0.25, -0.2) is 0 Å². The van der Waals surface area contributed by atoms with Crippen LogP contribution in [0.25, 0.3) is 16.7 Å². The molecule has 1 aromatic heterocycles. The van der Waals surface area contributed by atoms with E-state index in [1.54, 1.807) is 29.1 Å². The van der Waals surface area contributed by atoms with Crippen molar-refractivity contribution in [2.24, 2.45) is 0 Å². The van der Waals surface area contributed by atoms with Gasteiger partial charge in [-0.1, -0.05) is 35.9 Å². The van der Waals surface area contributed by atoms with Gasteiger partial charge in [-0.3, -0.25) is 10.1 Å². The highest BCUT2D eigenvalue weighted by molar-refractivity contribution is 14.1. The number of carbonyl (C=O) groups excluding carboxylic acids is 1. The normalized spacial score (nSPS) is 10.7. The van der Waals surface area contributed by atoms with E-state index in [1.165, 1.54) is 0 Å². The molecule has 0 atom stereocenters. The van der Waals surface area contributed by atoms with Gasteiger partial charge in [-0.2, -0.15) is 4.80 Å². The standard InChI is InChI=1S/C20H13ClIN5OS/c21-15-10-17-18(26-27(25-17)14-7-2-1-3-8-14)11-16(15)23-20(29)24-19(28)12-5-4-6-13(22)9-12/h1-11H,(H2,23,24,28,29). The van der Waals surface area contributed by atoms with Crippen LogP contribution in [0.15, 0.2) is 66.7 Å². The van der Waals surface area contributed by atoms with Crippen molar-refractivity contribution < 1.29 is 4.79 Å². The highest BCUT2D eigenvalue weighted by Crippen LogP contribution is 2.27. The highest BCUT2D eigenvalue weighted by Gasteiger charge is 2.12. The Balaban J connectivity index is 1.53. The third-order valence-electron chi connectivity index (χ3n) is 4.02. The minimum atomic E-state index is -0.298. The third kappa shape index (κ3) is 4.55. The lowest BCUT2D eigenvalue weighted by atomic mass is 10.2. The number of thiocarbonyl (C=S) groups is 1. The third-order valence-corrected chi connectivity index (χ3v) is 5.21. The van der Waals surface area contributed by atoms with Gasteiger partial charge in [0.2, 0.25) is 0 Å². The molecule has 0 aliphatic carbocycles. The number of hydrogen-bond donors (Lipinski definition) is 2. The molecular weight excluding hydrogens is 521 g/mol. The summed E-state index contributed by atoms with van der Waals surface area (Å²) in [6.45, 7) is 0. The maximum absolute atomic E-state index is 12.4. The Morgan fingerprint density at radius 1 is 1.00 bits per heavy atom. The maximum Gasteiger partial charge on any atom is 0.257 e. The molecule has 0 radical (unpaired) electrons. The average Bonchev–Trinajstić information content (AvgIpc) is 3.11. The molecule has 0 spiro atoms. The number of hydrogen-bond acceptors (Lipinski definition) is 4. The molecule has 29 heavy (non-hydrogen) atoms. The summed E-state index contributed by atoms with van der Waals surface area (Å²) in [7, 11) is 0. The number of carbonyl (C=O) groups is 1. The van der Waals surface area contributed by atoms with Gasteiger partial charge in [-0.15, -0.1) is 10.2 Å². The van der Waals surface area contributed by atoms with Gasteiger partial charge in [0.25, 0.3) is 5.91 Å². The number of rotatable bonds is 3. The monoisotopic (exact) mass is 533 g/mol. The van der Waals surface area contributed by atoms with E-state index in [-0.39, 0.29) is 11.0 Å². The number of fused-ring (bicyclic) bond motifs is 1. The zero-order chi connectivity index (χ0) is 20.4. The minimum absolute atomic E-state index is 0.144. The van der Waals surface area contributed by atoms with Crippen LogP contribution in [0.4, 0.5) is 5.69 Å². The van der Waals surface area contributed by atoms with Crippen LogP contribution in [0.2, 0.25) is 5.02 Å². The Kier molecular flexibility index (Phi) is 5.74. The van der Waals surface area contributed by atoms with Gasteiger partial charge in [-0.05, 0) is 77.3 Å². The van der Waals surface area contributed by atoms with Crippen LogP contribution < -0.4 is 10.6 Å². The van der Waals surface area contributed by atoms with Crippen LogP contribution in [-0.2, 0) is 0 Å². The van der Waals surface area contributed by atoms with Crippen LogP contribution >= 0.6 is 46.4 Å². The molecule has 9 heteroatoms. The van der Waals surface area contributed by atoms with E-state index in [0.717, 1.165) is 9.26 Å². The van der Waals surface area contributed by atoms with Gasteiger partial charge in [0.1, 0.15) is 11.0 Å². The maximum atomic E-state index is 12.4. The first-order valence-electron chi connectivity index (χ1n) is 8.49. The summed E-state index contributed by atoms with van der Waals surface area (Å²) in [5, 5.41) is 15.1. The van der Waals surface area contributed by atoms with Gasteiger partial charge in [0, 0.05) is 9.13 Å². The van der Waals surface area contributed by atoms with Crippen LogP contribution in [0.3, 0.4) is 0 Å². The molecule has 144 valence electrons. The van der Waals surface area contributed by atoms with Gasteiger partial charge >= 0.3 is 0 Å². The van der Waals surface area contributed by atoms with Crippen molar-refractivity contribution >= 4 is 74.2 Å². The number of nitrogens with one attached hydrogen (secondary N) is 2. The van der Waals surface area contributed by atoms with Crippen LogP contribution in [0.1, 0.15) is 10.4 Å². The zero-order valence-electron chi connectivity index (χ0n) is 14.8. The van der Waals surface area contributed by atoms with Crippen LogP contribution in [0, 0.1) is 3.57 Å². The summed E-state index contributed by atoms with van der Waals surface area (Å²) in [5.41, 5.74) is 3.20. The lowest BCUT2D eigenvalue weighted by molar-refractivity contribution is 0.0977. The Morgan fingerprint density at radius 3 is 2.45 bits per heavy atom. The number of nitrogens with zero attached hydrogens (tertiary/aromatic N) is 3. The van der Waals surface area contributed by atoms with Crippen molar-refractivity contribution in [3.63, 3.8) is 0 Å². The highest BCUT2D eigenvalue weighted by atomic mass is 127. The predicted molar refractivity (Wildman–Crippen MR) is 127 cm³/mol. The zero-order valence-corrected chi connectivity index (χ0v) is 18.5. The van der Waals surface area contributed by atoms with Crippen molar-refractivity contribution in [1.82, 2.24) is 20.3 Å². The quantitative estimate of drug-likeness (QED) is 0.292. The smallest absolute Gasteiger partial charge is 0.257 e. The number of benzene rings is 3. The van der Waals surface area contributed by atoms with E-state index in [4.69, 9.17) is 23.8 Å². The SMILES string of the molecule is O=C(NC(=S)Nc1cc2nn(-c3ccccc3)nc2cc1Cl)c1cccc(I)c1. The fourth-order valence-corrected chi connectivity index (χ4v) is 3.62. The second kappa shape index (κ2) is 8.44. The summed E-state index contributed by atoms with van der Waals surface area (Å²) in [4.78, 5) is 13.9. The van der Waals surface area contributed by atoms with E-state index in [0.29, 0.717) is 27.3 Å². The van der Waals surface area contributed by atoms with Crippen molar-refractivity contribution in [2.75, 3.05) is 5.32 Å². The van der Waals surface area contributed by atoms with Gasteiger partial charge < -0.3 is 5.32 Å². The largest absolute Gasteiger partial charge is 0.331 e. The Bertz CT molecular complexity index is 1230. The molecule has 4 aromatic rings. The van der Waals surface area contributed by atoms with Crippen molar-refractivity contribution in [3.05, 3.63) is 80.9 Å². The van der Waals surface area contributed by atoms with E-state index in [9.17, 15) is 4.79 Å². The summed E-state index contributed by atoms with van der Waals surface area (Å²) in [6, 6.07) is 20.3. The Morgan fingerprint density at radius 2 is 1.72 bits per heavy atom. The predicted octanol–water partition coefficient (Wildman–Crippen LogP) is 4.81. The van der Waals surface area contributed by atoms with Gasteiger partial charge in [0.05, 0.1) is 16.4 Å². The fourth-order valence-electron chi connectivity index (χ4n) is 2.67. The number of aromatic nitrogens is 3. The van der Waals surface area contributed by atoms with Crippen LogP contribution in [-0.4, -0.2) is 26.0 Å². The number of anilines is 1. The first-order valence-corrected chi connectivity index (χ1v) is 10.4. The summed E-state index contributed by atoms with van der Waals surface area (Å²) < 4.78 is 0.962. The molecule has 0 aliphatic heterocycles. The molecule has 0 saturated heterocycles. The van der Waals surface area contributed by atoms with Crippen molar-refractivity contribution in [2.45, 2.75) is 0 Å². The molecule has 4 rings (SSSR count).